The summed E-state index contributed by atoms with van der Waals surface area (Å²) in [4.78, 5) is 12.3. The van der Waals surface area contributed by atoms with Gasteiger partial charge in [0.05, 0.1) is 28.9 Å². The monoisotopic (exact) mass is 355 g/mol. The van der Waals surface area contributed by atoms with E-state index in [4.69, 9.17) is 4.98 Å². The maximum absolute atomic E-state index is 10.6. The van der Waals surface area contributed by atoms with E-state index in [1.54, 1.807) is 13.1 Å². The molecule has 0 aliphatic rings. The molecule has 5 nitrogen and oxygen atoms in total. The molecule has 27 heavy (non-hydrogen) atoms. The van der Waals surface area contributed by atoms with E-state index in [-0.39, 0.29) is 12.4 Å². The van der Waals surface area contributed by atoms with Crippen LogP contribution in [0.1, 0.15) is 11.3 Å². The van der Waals surface area contributed by atoms with Crippen LogP contribution in [0.5, 0.6) is 5.75 Å². The minimum Gasteiger partial charge on any atom is -0.505 e. The Balaban J connectivity index is 1.95. The van der Waals surface area contributed by atoms with E-state index < -0.39 is 0 Å². The molecule has 2 aromatic heterocycles. The number of aromatic nitrogens is 3. The number of aromatic hydroxyl groups is 1. The number of nitrogens with one attached hydrogen (secondary N) is 1. The van der Waals surface area contributed by atoms with Crippen molar-refractivity contribution in [3.63, 3.8) is 0 Å². The molecular formula is C22H17N3O2. The first-order valence-electron chi connectivity index (χ1n) is 8.77. The second kappa shape index (κ2) is 5.79. The molecule has 0 aliphatic heterocycles. The molecule has 0 saturated heterocycles. The van der Waals surface area contributed by atoms with Crippen LogP contribution < -0.4 is 0 Å². The Hall–Kier alpha value is -3.44. The second-order valence-corrected chi connectivity index (χ2v) is 6.65. The van der Waals surface area contributed by atoms with Crippen molar-refractivity contribution in [1.82, 2.24) is 15.0 Å². The van der Waals surface area contributed by atoms with E-state index in [0.717, 1.165) is 32.6 Å². The summed E-state index contributed by atoms with van der Waals surface area (Å²) < 4.78 is 0. The number of aliphatic hydroxyl groups is 1. The quantitative estimate of drug-likeness (QED) is 0.409. The maximum Gasteiger partial charge on any atom is 0.148 e. The summed E-state index contributed by atoms with van der Waals surface area (Å²) in [7, 11) is 0. The number of fused-ring (bicyclic) bond motifs is 6. The molecule has 2 heterocycles. The molecule has 132 valence electrons. The molecule has 0 fully saturated rings. The molecular weight excluding hydrogens is 338 g/mol. The summed E-state index contributed by atoms with van der Waals surface area (Å²) >= 11 is 0. The summed E-state index contributed by atoms with van der Waals surface area (Å²) in [5.74, 6) is 0.563. The zero-order valence-corrected chi connectivity index (χ0v) is 14.7. The van der Waals surface area contributed by atoms with Crippen LogP contribution in [0.25, 0.3) is 44.0 Å². The van der Waals surface area contributed by atoms with Gasteiger partial charge in [-0.1, -0.05) is 48.5 Å². The highest BCUT2D eigenvalue weighted by molar-refractivity contribution is 6.23. The number of nitrogens with zero attached hydrogens (tertiary/aromatic N) is 2. The zero-order chi connectivity index (χ0) is 18.5. The molecule has 0 radical (unpaired) electrons. The molecule has 5 aromatic rings. The predicted molar refractivity (Wildman–Crippen MR) is 107 cm³/mol. The first-order chi connectivity index (χ1) is 13.2. The van der Waals surface area contributed by atoms with Gasteiger partial charge in [-0.15, -0.1) is 0 Å². The fourth-order valence-electron chi connectivity index (χ4n) is 3.76. The largest absolute Gasteiger partial charge is 0.505 e. The van der Waals surface area contributed by atoms with Gasteiger partial charge in [-0.25, -0.2) is 4.98 Å². The van der Waals surface area contributed by atoms with Crippen LogP contribution in [0, 0.1) is 6.92 Å². The topological polar surface area (TPSA) is 82.0 Å². The van der Waals surface area contributed by atoms with E-state index in [1.807, 2.05) is 24.3 Å². The van der Waals surface area contributed by atoms with Gasteiger partial charge in [-0.05, 0) is 17.7 Å². The van der Waals surface area contributed by atoms with Gasteiger partial charge in [-0.2, -0.15) is 0 Å². The minimum atomic E-state index is -0.227. The second-order valence-electron chi connectivity index (χ2n) is 6.65. The van der Waals surface area contributed by atoms with Crippen molar-refractivity contribution in [3.05, 3.63) is 66.0 Å². The number of hydrogen-bond acceptors (Lipinski definition) is 4. The van der Waals surface area contributed by atoms with Gasteiger partial charge >= 0.3 is 0 Å². The van der Waals surface area contributed by atoms with Crippen LogP contribution in [0.3, 0.4) is 0 Å². The molecule has 0 bridgehead atoms. The molecule has 0 unspecified atom stereocenters. The molecule has 0 saturated carbocycles. The lowest BCUT2D eigenvalue weighted by molar-refractivity contribution is 0.281. The van der Waals surface area contributed by atoms with Crippen LogP contribution in [-0.4, -0.2) is 25.2 Å². The van der Waals surface area contributed by atoms with E-state index in [0.29, 0.717) is 22.6 Å². The Morgan fingerprint density at radius 3 is 2.26 bits per heavy atom. The molecule has 0 amide bonds. The van der Waals surface area contributed by atoms with Gasteiger partial charge in [0.15, 0.2) is 0 Å². The molecule has 3 N–H and O–H groups in total. The van der Waals surface area contributed by atoms with Crippen molar-refractivity contribution in [1.29, 1.82) is 0 Å². The Kier molecular flexibility index (Phi) is 3.39. The smallest absolute Gasteiger partial charge is 0.148 e. The Morgan fingerprint density at radius 2 is 1.56 bits per heavy atom. The van der Waals surface area contributed by atoms with Gasteiger partial charge in [0.1, 0.15) is 11.6 Å². The van der Waals surface area contributed by atoms with Crippen LogP contribution in [0.4, 0.5) is 0 Å². The average Bonchev–Trinajstić information content (AvgIpc) is 3.15. The third kappa shape index (κ3) is 2.22. The number of H-pyrrole nitrogens is 1. The molecule has 5 rings (SSSR count). The number of pyridine rings is 1. The highest BCUT2D eigenvalue weighted by Crippen LogP contribution is 2.38. The highest BCUT2D eigenvalue weighted by Gasteiger charge is 2.19. The lowest BCUT2D eigenvalue weighted by Gasteiger charge is -2.08. The van der Waals surface area contributed by atoms with Crippen LogP contribution in [-0.2, 0) is 6.61 Å². The summed E-state index contributed by atoms with van der Waals surface area (Å²) in [5.41, 5.74) is 3.28. The average molecular weight is 355 g/mol. The molecule has 0 aliphatic carbocycles. The SMILES string of the molecule is Cc1ncc(CO)c(-c2nc3c4ccccc4c4ccccc4c3[nH]2)c1O. The van der Waals surface area contributed by atoms with Crippen LogP contribution in [0.15, 0.2) is 54.7 Å². The lowest BCUT2D eigenvalue weighted by Crippen LogP contribution is -1.96. The lowest BCUT2D eigenvalue weighted by atomic mass is 10.0. The predicted octanol–water partition coefficient (Wildman–Crippen LogP) is 4.44. The van der Waals surface area contributed by atoms with Gasteiger partial charge in [0.25, 0.3) is 0 Å². The normalized spacial score (nSPS) is 11.6. The number of aryl methyl sites for hydroxylation is 1. The highest BCUT2D eigenvalue weighted by atomic mass is 16.3. The Morgan fingerprint density at radius 1 is 0.926 bits per heavy atom. The summed E-state index contributed by atoms with van der Waals surface area (Å²) in [6, 6.07) is 16.4. The third-order valence-electron chi connectivity index (χ3n) is 5.09. The minimum absolute atomic E-state index is 0.0363. The number of hydrogen-bond donors (Lipinski definition) is 3. The van der Waals surface area contributed by atoms with Crippen LogP contribution in [0.2, 0.25) is 0 Å². The maximum atomic E-state index is 10.6. The Bertz CT molecular complexity index is 1270. The summed E-state index contributed by atoms with van der Waals surface area (Å²) in [5, 5.41) is 24.7. The van der Waals surface area contributed by atoms with Crippen LogP contribution >= 0.6 is 0 Å². The standard InChI is InChI=1S/C22H17N3O2/c1-12-21(27)18(13(11-26)10-23-12)22-24-19-16-8-4-2-6-14(16)15-7-3-5-9-17(15)20(19)25-22/h2-10,26-27H,11H2,1H3,(H,24,25). The van der Waals surface area contributed by atoms with E-state index in [1.165, 1.54) is 0 Å². The Labute approximate surface area is 155 Å². The van der Waals surface area contributed by atoms with Crippen molar-refractivity contribution in [2.45, 2.75) is 13.5 Å². The van der Waals surface area contributed by atoms with E-state index in [9.17, 15) is 10.2 Å². The van der Waals surface area contributed by atoms with Crippen molar-refractivity contribution in [2.24, 2.45) is 0 Å². The van der Waals surface area contributed by atoms with Crippen molar-refractivity contribution >= 4 is 32.6 Å². The summed E-state index contributed by atoms with van der Waals surface area (Å²) in [6.07, 6.45) is 1.58. The number of imidazole rings is 1. The number of aliphatic hydroxyl groups excluding tert-OH is 1. The molecule has 0 spiro atoms. The fourth-order valence-corrected chi connectivity index (χ4v) is 3.76. The molecule has 3 aromatic carbocycles. The third-order valence-corrected chi connectivity index (χ3v) is 5.09. The first-order valence-corrected chi connectivity index (χ1v) is 8.77. The molecule has 5 heteroatoms. The van der Waals surface area contributed by atoms with E-state index >= 15 is 0 Å². The first kappa shape index (κ1) is 15.8. The van der Waals surface area contributed by atoms with Crippen molar-refractivity contribution in [3.8, 4) is 17.1 Å². The number of rotatable bonds is 2. The summed E-state index contributed by atoms with van der Waals surface area (Å²) in [6.45, 7) is 1.50. The van der Waals surface area contributed by atoms with Crippen molar-refractivity contribution < 1.29 is 10.2 Å². The van der Waals surface area contributed by atoms with Gasteiger partial charge in [0, 0.05) is 22.5 Å². The van der Waals surface area contributed by atoms with Crippen molar-refractivity contribution in [2.75, 3.05) is 0 Å². The fraction of sp³-hybridized carbons (Fsp3) is 0.0909. The number of aromatic amines is 1. The van der Waals surface area contributed by atoms with Gasteiger partial charge < -0.3 is 15.2 Å². The van der Waals surface area contributed by atoms with E-state index in [2.05, 4.69) is 34.2 Å². The molecule has 0 atom stereocenters. The zero-order valence-electron chi connectivity index (χ0n) is 14.7. The van der Waals surface area contributed by atoms with Gasteiger partial charge in [-0.3, -0.25) is 4.98 Å². The number of benzene rings is 3. The van der Waals surface area contributed by atoms with Gasteiger partial charge in [0.2, 0.25) is 0 Å².